The van der Waals surface area contributed by atoms with Gasteiger partial charge in [-0.3, -0.25) is 4.79 Å². The molecule has 0 spiro atoms. The Morgan fingerprint density at radius 1 is 0.756 bits per heavy atom. The number of rotatable bonds is 18. The van der Waals surface area contributed by atoms with Gasteiger partial charge >= 0.3 is 11.9 Å². The molecule has 3 aromatic carbocycles. The lowest BCUT2D eigenvalue weighted by Gasteiger charge is -2.21. The molecule has 0 fully saturated rings. The van der Waals surface area contributed by atoms with Gasteiger partial charge in [0.2, 0.25) is 0 Å². The molecule has 6 nitrogen and oxygen atoms in total. The van der Waals surface area contributed by atoms with Crippen LogP contribution < -0.4 is 9.47 Å². The molecule has 0 aliphatic rings. The second-order valence-corrected chi connectivity index (χ2v) is 10.4. The lowest BCUT2D eigenvalue weighted by atomic mass is 10.0. The van der Waals surface area contributed by atoms with Crippen molar-refractivity contribution < 1.29 is 28.5 Å². The largest absolute Gasteiger partial charge is 0.493 e. The van der Waals surface area contributed by atoms with E-state index in [0.29, 0.717) is 35.8 Å². The first-order valence-electron chi connectivity index (χ1n) is 14.4. The van der Waals surface area contributed by atoms with E-state index in [9.17, 15) is 9.59 Å². The summed E-state index contributed by atoms with van der Waals surface area (Å²) in [6.07, 6.45) is 8.37. The quantitative estimate of drug-likeness (QED) is 0.112. The number of benzene rings is 3. The molecule has 1 atom stereocenters. The van der Waals surface area contributed by atoms with Crippen molar-refractivity contribution in [3.8, 4) is 11.5 Å². The maximum atomic E-state index is 11.9. The van der Waals surface area contributed by atoms with Crippen molar-refractivity contribution in [1.82, 2.24) is 0 Å². The van der Waals surface area contributed by atoms with Crippen molar-refractivity contribution >= 4 is 23.5 Å². The summed E-state index contributed by atoms with van der Waals surface area (Å²) in [5.74, 6) is 0.749. The molecule has 0 N–H and O–H groups in total. The molecule has 0 amide bonds. The Balaban J connectivity index is 1.55. The van der Waals surface area contributed by atoms with Crippen LogP contribution in [0.25, 0.3) is 0 Å². The summed E-state index contributed by atoms with van der Waals surface area (Å²) in [7, 11) is 2.73. The number of esters is 2. The van der Waals surface area contributed by atoms with Gasteiger partial charge in [0.25, 0.3) is 0 Å². The summed E-state index contributed by atoms with van der Waals surface area (Å²) in [5, 5.41) is 0.350. The summed E-state index contributed by atoms with van der Waals surface area (Å²) in [4.78, 5) is 23.4. The van der Waals surface area contributed by atoms with Gasteiger partial charge in [0.1, 0.15) is 11.5 Å². The van der Waals surface area contributed by atoms with Gasteiger partial charge in [-0.1, -0.05) is 60.1 Å². The maximum absolute atomic E-state index is 11.9. The summed E-state index contributed by atoms with van der Waals surface area (Å²) in [5.41, 5.74) is 2.87. The molecule has 0 radical (unpaired) electrons. The first kappa shape index (κ1) is 32.0. The van der Waals surface area contributed by atoms with Gasteiger partial charge in [0, 0.05) is 6.42 Å². The van der Waals surface area contributed by atoms with Crippen molar-refractivity contribution in [3.05, 3.63) is 94.5 Å². The standard InChI is InChI=1S/C34H41ClO6/c1-38-33(36)19-11-9-17-29(41-32-23-21-28(25-30(32)35)34(37)39-2)22-20-27-16-8-10-18-31(27)40-24-12-4-7-15-26-13-5-3-6-14-26/h3,5-6,8,10,13-14,16,18,21,23,25,29H,4,7,9,11-12,15,17,19-20,22,24H2,1-2H3. The molecule has 0 saturated carbocycles. The van der Waals surface area contributed by atoms with Gasteiger partial charge in [-0.05, 0) is 93.2 Å². The third-order valence-electron chi connectivity index (χ3n) is 6.95. The zero-order chi connectivity index (χ0) is 29.3. The minimum atomic E-state index is -0.453. The average molecular weight is 581 g/mol. The van der Waals surface area contributed by atoms with E-state index in [-0.39, 0.29) is 12.1 Å². The van der Waals surface area contributed by atoms with Crippen LogP contribution in [-0.4, -0.2) is 38.9 Å². The van der Waals surface area contributed by atoms with Gasteiger partial charge in [-0.2, -0.15) is 0 Å². The summed E-state index contributed by atoms with van der Waals surface area (Å²) in [6.45, 7) is 0.682. The number of methoxy groups -OCH3 is 2. The van der Waals surface area contributed by atoms with Gasteiger partial charge in [-0.15, -0.1) is 0 Å². The molecule has 41 heavy (non-hydrogen) atoms. The van der Waals surface area contributed by atoms with Crippen LogP contribution in [0.15, 0.2) is 72.8 Å². The van der Waals surface area contributed by atoms with Crippen molar-refractivity contribution in [1.29, 1.82) is 0 Å². The fourth-order valence-electron chi connectivity index (χ4n) is 4.63. The van der Waals surface area contributed by atoms with Crippen LogP contribution in [0, 0.1) is 0 Å². The molecule has 3 rings (SSSR count). The van der Waals surface area contributed by atoms with Crippen LogP contribution in [0.3, 0.4) is 0 Å². The second-order valence-electron chi connectivity index (χ2n) is 9.99. The predicted molar refractivity (Wildman–Crippen MR) is 162 cm³/mol. The van der Waals surface area contributed by atoms with Crippen molar-refractivity contribution in [2.45, 2.75) is 70.3 Å². The van der Waals surface area contributed by atoms with Gasteiger partial charge in [-0.25, -0.2) is 4.79 Å². The van der Waals surface area contributed by atoms with E-state index in [1.807, 2.05) is 24.3 Å². The fraction of sp³-hybridized carbons (Fsp3) is 0.412. The zero-order valence-corrected chi connectivity index (χ0v) is 24.9. The third kappa shape index (κ3) is 11.5. The lowest BCUT2D eigenvalue weighted by Crippen LogP contribution is -2.18. The predicted octanol–water partition coefficient (Wildman–Crippen LogP) is 8.03. The van der Waals surface area contributed by atoms with Crippen LogP contribution >= 0.6 is 11.6 Å². The monoisotopic (exact) mass is 580 g/mol. The number of unbranched alkanes of at least 4 members (excludes halogenated alkanes) is 3. The van der Waals surface area contributed by atoms with Crippen molar-refractivity contribution in [3.63, 3.8) is 0 Å². The number of halogens is 1. The van der Waals surface area contributed by atoms with E-state index < -0.39 is 5.97 Å². The SMILES string of the molecule is COC(=O)CCCCC(CCc1ccccc1OCCCCCc1ccccc1)Oc1ccc(C(=O)OC)cc1Cl. The average Bonchev–Trinajstić information content (AvgIpc) is 3.00. The topological polar surface area (TPSA) is 71.1 Å². The molecule has 0 aromatic heterocycles. The first-order valence-corrected chi connectivity index (χ1v) is 14.7. The van der Waals surface area contributed by atoms with Crippen molar-refractivity contribution in [2.24, 2.45) is 0 Å². The number of aryl methyl sites for hydroxylation is 2. The molecular formula is C34H41ClO6. The van der Waals surface area contributed by atoms with Crippen LogP contribution in [0.4, 0.5) is 0 Å². The number of carbonyl (C=O) groups excluding carboxylic acids is 2. The number of ether oxygens (including phenoxy) is 4. The number of hydrogen-bond acceptors (Lipinski definition) is 6. The Kier molecular flexibility index (Phi) is 14.1. The van der Waals surface area contributed by atoms with Crippen molar-refractivity contribution in [2.75, 3.05) is 20.8 Å². The van der Waals surface area contributed by atoms with E-state index in [1.54, 1.807) is 18.2 Å². The van der Waals surface area contributed by atoms with E-state index in [0.717, 1.165) is 62.7 Å². The highest BCUT2D eigenvalue weighted by molar-refractivity contribution is 6.32. The molecule has 0 heterocycles. The van der Waals surface area contributed by atoms with E-state index in [4.69, 9.17) is 30.5 Å². The number of hydrogen-bond donors (Lipinski definition) is 0. The van der Waals surface area contributed by atoms with Crippen LogP contribution in [0.2, 0.25) is 5.02 Å². The molecule has 1 unspecified atom stereocenters. The molecular weight excluding hydrogens is 540 g/mol. The third-order valence-corrected chi connectivity index (χ3v) is 7.25. The molecule has 0 saturated heterocycles. The minimum absolute atomic E-state index is 0.139. The van der Waals surface area contributed by atoms with Crippen LogP contribution in [0.1, 0.15) is 72.9 Å². The fourth-order valence-corrected chi connectivity index (χ4v) is 4.85. The highest BCUT2D eigenvalue weighted by Gasteiger charge is 2.17. The maximum Gasteiger partial charge on any atom is 0.337 e. The van der Waals surface area contributed by atoms with E-state index >= 15 is 0 Å². The van der Waals surface area contributed by atoms with Crippen LogP contribution in [0.5, 0.6) is 11.5 Å². The van der Waals surface area contributed by atoms with Gasteiger partial charge < -0.3 is 18.9 Å². The number of carbonyl (C=O) groups is 2. The Hall–Kier alpha value is -3.51. The molecule has 0 aliphatic carbocycles. The summed E-state index contributed by atoms with van der Waals surface area (Å²) < 4.78 is 22.1. The highest BCUT2D eigenvalue weighted by atomic mass is 35.5. The Morgan fingerprint density at radius 3 is 2.29 bits per heavy atom. The van der Waals surface area contributed by atoms with Crippen LogP contribution in [-0.2, 0) is 27.1 Å². The Labute approximate surface area is 248 Å². The van der Waals surface area contributed by atoms with E-state index in [1.165, 1.54) is 19.8 Å². The molecule has 7 heteroatoms. The molecule has 220 valence electrons. The summed E-state index contributed by atoms with van der Waals surface area (Å²) >= 11 is 6.45. The summed E-state index contributed by atoms with van der Waals surface area (Å²) in [6, 6.07) is 23.6. The lowest BCUT2D eigenvalue weighted by molar-refractivity contribution is -0.140. The molecule has 0 aliphatic heterocycles. The Morgan fingerprint density at radius 2 is 1.54 bits per heavy atom. The normalized spacial score (nSPS) is 11.5. The number of para-hydroxylation sites is 1. The van der Waals surface area contributed by atoms with Gasteiger partial charge in [0.15, 0.2) is 0 Å². The Bertz CT molecular complexity index is 1210. The highest BCUT2D eigenvalue weighted by Crippen LogP contribution is 2.29. The molecule has 0 bridgehead atoms. The van der Waals surface area contributed by atoms with Gasteiger partial charge in [0.05, 0.1) is 37.5 Å². The molecule has 3 aromatic rings. The smallest absolute Gasteiger partial charge is 0.337 e. The zero-order valence-electron chi connectivity index (χ0n) is 24.1. The first-order chi connectivity index (χ1) is 20.0. The minimum Gasteiger partial charge on any atom is -0.493 e. The van der Waals surface area contributed by atoms with E-state index in [2.05, 4.69) is 30.3 Å². The second kappa shape index (κ2) is 18.0.